The molecule has 8 rings (SSSR count). The van der Waals surface area contributed by atoms with Crippen molar-refractivity contribution >= 4 is 30.3 Å². The molecule has 0 saturated carbocycles. The SMILES string of the molecule is COc1ccc(S(=O)(=O)c2ccc(Oc3ccc(C(C)(C)c4ccc(Oc5ccc(S(=O)(=O)c6ccc(Oc7ccc(C(C)(C)c8ccc(C)cc8)cc7)cc6)cc5)cc4)cc3)cc2)cc1.O=S(=O)=O. The molecule has 8 aromatic carbocycles. The summed E-state index contributed by atoms with van der Waals surface area (Å²) in [5.41, 5.74) is 5.20. The van der Waals surface area contributed by atoms with Gasteiger partial charge in [0.25, 0.3) is 0 Å². The van der Waals surface area contributed by atoms with Gasteiger partial charge in [-0.05, 0) is 163 Å². The molecule has 8 aromatic rings. The van der Waals surface area contributed by atoms with Crippen molar-refractivity contribution in [2.45, 2.75) is 65.0 Å². The topological polar surface area (TPSA) is 156 Å². The lowest BCUT2D eigenvalue weighted by Gasteiger charge is -2.26. The first-order chi connectivity index (χ1) is 33.2. The quantitative estimate of drug-likeness (QED) is 0.0963. The molecule has 0 atom stereocenters. The standard InChI is InChI=1S/C56H50O8S2.O3S/c1-39-7-9-40(10-8-39)55(2,3)41-11-17-45(18-12-41)62-49-27-35-53(36-28-49)66(59,60)54-37-29-50(30-38-54)64-47-21-15-43(16-22-47)56(4,5)42-13-19-46(20-14-42)63-48-25-33-52(34-26-48)65(57,58)51-31-23-44(61-6)24-32-51;1-4(2)3/h7-38H,1-6H3;. The van der Waals surface area contributed by atoms with Crippen molar-refractivity contribution in [3.05, 3.63) is 222 Å². The van der Waals surface area contributed by atoms with Crippen LogP contribution in [-0.4, -0.2) is 36.6 Å². The summed E-state index contributed by atoms with van der Waals surface area (Å²) in [5, 5.41) is 0. The molecule has 0 saturated heterocycles. The molecule has 14 heteroatoms. The second kappa shape index (κ2) is 21.0. The van der Waals surface area contributed by atoms with Gasteiger partial charge in [0.05, 0.1) is 26.7 Å². The monoisotopic (exact) mass is 994 g/mol. The van der Waals surface area contributed by atoms with Gasteiger partial charge >= 0.3 is 10.6 Å². The van der Waals surface area contributed by atoms with Crippen LogP contribution in [0.5, 0.6) is 40.2 Å². The Bertz CT molecular complexity index is 3390. The van der Waals surface area contributed by atoms with Gasteiger partial charge in [-0.3, -0.25) is 0 Å². The Labute approximate surface area is 410 Å². The number of aryl methyl sites for hydroxylation is 1. The van der Waals surface area contributed by atoms with Crippen LogP contribution in [-0.2, 0) is 41.1 Å². The summed E-state index contributed by atoms with van der Waals surface area (Å²) >= 11 is 0. The third-order valence-electron chi connectivity index (χ3n) is 12.0. The molecule has 0 aromatic heterocycles. The Hall–Kier alpha value is -7.52. The van der Waals surface area contributed by atoms with Gasteiger partial charge in [0, 0.05) is 10.8 Å². The van der Waals surface area contributed by atoms with E-state index in [9.17, 15) is 16.8 Å². The van der Waals surface area contributed by atoms with E-state index in [0.29, 0.717) is 40.2 Å². The summed E-state index contributed by atoms with van der Waals surface area (Å²) in [6.07, 6.45) is 0. The first-order valence-electron chi connectivity index (χ1n) is 21.9. The van der Waals surface area contributed by atoms with E-state index in [1.54, 1.807) is 72.8 Å². The normalized spacial score (nSPS) is 11.7. The van der Waals surface area contributed by atoms with E-state index in [-0.39, 0.29) is 30.4 Å². The maximum absolute atomic E-state index is 13.6. The lowest BCUT2D eigenvalue weighted by Crippen LogP contribution is -2.18. The smallest absolute Gasteiger partial charge is 0.425 e. The van der Waals surface area contributed by atoms with E-state index in [2.05, 4.69) is 71.0 Å². The Morgan fingerprint density at radius 1 is 0.329 bits per heavy atom. The summed E-state index contributed by atoms with van der Waals surface area (Å²) < 4.78 is 102. The fourth-order valence-electron chi connectivity index (χ4n) is 7.62. The molecule has 358 valence electrons. The molecule has 0 heterocycles. The number of methoxy groups -OCH3 is 1. The minimum atomic E-state index is -3.80. The zero-order valence-corrected chi connectivity index (χ0v) is 41.6. The van der Waals surface area contributed by atoms with Gasteiger partial charge in [0.15, 0.2) is 0 Å². The molecule has 0 spiro atoms. The van der Waals surface area contributed by atoms with E-state index in [0.717, 1.165) is 16.7 Å². The van der Waals surface area contributed by atoms with Crippen molar-refractivity contribution in [1.29, 1.82) is 0 Å². The van der Waals surface area contributed by atoms with Crippen molar-refractivity contribution in [1.82, 2.24) is 0 Å². The third-order valence-corrected chi connectivity index (χ3v) is 15.6. The Kier molecular flexibility index (Phi) is 15.1. The maximum atomic E-state index is 13.6. The number of ether oxygens (including phenoxy) is 4. The molecule has 70 heavy (non-hydrogen) atoms. The first-order valence-corrected chi connectivity index (χ1v) is 25.9. The van der Waals surface area contributed by atoms with Crippen LogP contribution < -0.4 is 18.9 Å². The fourth-order valence-corrected chi connectivity index (χ4v) is 10.1. The zero-order valence-electron chi connectivity index (χ0n) is 39.2. The minimum absolute atomic E-state index is 0.151. The Morgan fingerprint density at radius 2 is 0.514 bits per heavy atom. The van der Waals surface area contributed by atoms with Crippen LogP contribution in [0.4, 0.5) is 0 Å². The summed E-state index contributed by atoms with van der Waals surface area (Å²) in [6.45, 7) is 10.7. The van der Waals surface area contributed by atoms with Gasteiger partial charge < -0.3 is 18.9 Å². The Morgan fingerprint density at radius 3 is 0.729 bits per heavy atom. The van der Waals surface area contributed by atoms with Gasteiger partial charge in [-0.1, -0.05) is 93.9 Å². The molecule has 0 bridgehead atoms. The molecule has 0 amide bonds. The highest BCUT2D eigenvalue weighted by Crippen LogP contribution is 2.37. The second-order valence-corrected chi connectivity index (χ2v) is 21.6. The van der Waals surface area contributed by atoms with Crippen molar-refractivity contribution < 1.29 is 48.4 Å². The number of hydrogen-bond acceptors (Lipinski definition) is 11. The lowest BCUT2D eigenvalue weighted by molar-refractivity contribution is 0.414. The predicted molar refractivity (Wildman–Crippen MR) is 268 cm³/mol. The van der Waals surface area contributed by atoms with Crippen molar-refractivity contribution in [2.24, 2.45) is 0 Å². The van der Waals surface area contributed by atoms with Gasteiger partial charge in [-0.2, -0.15) is 0 Å². The Balaban J connectivity index is 0.00000174. The zero-order chi connectivity index (χ0) is 50.3. The van der Waals surface area contributed by atoms with Crippen LogP contribution in [0.25, 0.3) is 0 Å². The van der Waals surface area contributed by atoms with Crippen LogP contribution in [0.15, 0.2) is 214 Å². The van der Waals surface area contributed by atoms with E-state index >= 15 is 0 Å². The number of benzene rings is 8. The summed E-state index contributed by atoms with van der Waals surface area (Å²) in [7, 11) is -9.07. The van der Waals surface area contributed by atoms with Crippen LogP contribution in [0, 0.1) is 6.92 Å². The molecular weight excluding hydrogens is 945 g/mol. The fraction of sp³-hybridized carbons (Fsp3) is 0.143. The molecule has 0 aliphatic heterocycles. The van der Waals surface area contributed by atoms with Crippen molar-refractivity contribution in [3.63, 3.8) is 0 Å². The van der Waals surface area contributed by atoms with Crippen molar-refractivity contribution in [2.75, 3.05) is 7.11 Å². The summed E-state index contributed by atoms with van der Waals surface area (Å²) in [4.78, 5) is 0.656. The largest absolute Gasteiger partial charge is 0.497 e. The summed E-state index contributed by atoms with van der Waals surface area (Å²) in [5.74, 6) is 4.00. The van der Waals surface area contributed by atoms with Crippen LogP contribution in [0.2, 0.25) is 0 Å². The van der Waals surface area contributed by atoms with Gasteiger partial charge in [-0.25, -0.2) is 16.8 Å². The van der Waals surface area contributed by atoms with Crippen LogP contribution in [0.3, 0.4) is 0 Å². The van der Waals surface area contributed by atoms with E-state index < -0.39 is 30.3 Å². The van der Waals surface area contributed by atoms with E-state index in [1.165, 1.54) is 42.5 Å². The average Bonchev–Trinajstić information content (AvgIpc) is 3.35. The lowest BCUT2D eigenvalue weighted by atomic mass is 9.78. The van der Waals surface area contributed by atoms with E-state index in [1.807, 2.05) is 60.7 Å². The van der Waals surface area contributed by atoms with Gasteiger partial charge in [0.2, 0.25) is 19.7 Å². The first kappa shape index (κ1) is 50.4. The van der Waals surface area contributed by atoms with Crippen LogP contribution in [0.1, 0.15) is 55.5 Å². The molecular formula is C56H50O11S3. The van der Waals surface area contributed by atoms with Crippen LogP contribution >= 0.6 is 0 Å². The molecule has 0 radical (unpaired) electrons. The van der Waals surface area contributed by atoms with Crippen molar-refractivity contribution in [3.8, 4) is 40.2 Å². The second-order valence-electron chi connectivity index (χ2n) is 17.3. The number of sulfone groups is 2. The van der Waals surface area contributed by atoms with Gasteiger partial charge in [0.1, 0.15) is 40.2 Å². The summed E-state index contributed by atoms with van der Waals surface area (Å²) in [6, 6.07) is 57.6. The van der Waals surface area contributed by atoms with Gasteiger partial charge in [-0.15, -0.1) is 12.6 Å². The molecule has 0 fully saturated rings. The number of hydrogen-bond donors (Lipinski definition) is 0. The minimum Gasteiger partial charge on any atom is -0.497 e. The highest BCUT2D eigenvalue weighted by atomic mass is 32.2. The predicted octanol–water partition coefficient (Wildman–Crippen LogP) is 12.7. The molecule has 0 N–H and O–H groups in total. The maximum Gasteiger partial charge on any atom is 0.425 e. The van der Waals surface area contributed by atoms with E-state index in [4.69, 9.17) is 31.6 Å². The third kappa shape index (κ3) is 11.8. The molecule has 0 aliphatic carbocycles. The molecule has 11 nitrogen and oxygen atoms in total. The highest BCUT2D eigenvalue weighted by Gasteiger charge is 2.25. The highest BCUT2D eigenvalue weighted by molar-refractivity contribution is 7.91. The average molecular weight is 995 g/mol. The number of rotatable bonds is 15. The molecule has 0 aliphatic rings. The molecule has 0 unspecified atom stereocenters.